The Morgan fingerprint density at radius 3 is 2.08 bits per heavy atom. The molecule has 2 nitrogen and oxygen atoms in total. The van der Waals surface area contributed by atoms with Crippen molar-refractivity contribution >= 4 is 11.9 Å². The van der Waals surface area contributed by atoms with Crippen molar-refractivity contribution < 1.29 is 0 Å². The van der Waals surface area contributed by atoms with E-state index < -0.39 is 0 Å². The van der Waals surface area contributed by atoms with Crippen molar-refractivity contribution in [3.8, 4) is 0 Å². The molecule has 0 saturated heterocycles. The van der Waals surface area contributed by atoms with E-state index in [1.54, 1.807) is 13.3 Å². The van der Waals surface area contributed by atoms with Gasteiger partial charge in [-0.2, -0.15) is 0 Å². The van der Waals surface area contributed by atoms with Crippen molar-refractivity contribution in [1.82, 2.24) is 0 Å². The molecule has 0 spiro atoms. The van der Waals surface area contributed by atoms with Crippen molar-refractivity contribution in [2.75, 3.05) is 7.05 Å². The SMILES string of the molecule is C=C(C)/N=C(\C=N/C)C(C)(C)C. The van der Waals surface area contributed by atoms with Crippen LogP contribution in [0, 0.1) is 5.41 Å². The van der Waals surface area contributed by atoms with Gasteiger partial charge < -0.3 is 0 Å². The predicted molar refractivity (Wildman–Crippen MR) is 56.1 cm³/mol. The van der Waals surface area contributed by atoms with Gasteiger partial charge >= 0.3 is 0 Å². The van der Waals surface area contributed by atoms with E-state index in [4.69, 9.17) is 0 Å². The van der Waals surface area contributed by atoms with Crippen LogP contribution in [0.25, 0.3) is 0 Å². The lowest BCUT2D eigenvalue weighted by Gasteiger charge is -2.17. The summed E-state index contributed by atoms with van der Waals surface area (Å²) in [5.41, 5.74) is 1.83. The Balaban J connectivity index is 4.80. The molecule has 0 aliphatic heterocycles. The third-order valence-electron chi connectivity index (χ3n) is 1.33. The lowest BCUT2D eigenvalue weighted by molar-refractivity contribution is 0.598. The minimum absolute atomic E-state index is 0.0401. The fourth-order valence-electron chi connectivity index (χ4n) is 0.718. The summed E-state index contributed by atoms with van der Waals surface area (Å²) < 4.78 is 0. The van der Waals surface area contributed by atoms with E-state index in [9.17, 15) is 0 Å². The van der Waals surface area contributed by atoms with Gasteiger partial charge in [-0.1, -0.05) is 27.4 Å². The smallest absolute Gasteiger partial charge is 0.0637 e. The second-order valence-electron chi connectivity index (χ2n) is 3.87. The number of nitrogens with zero attached hydrogens (tertiary/aromatic N) is 2. The van der Waals surface area contributed by atoms with Crippen LogP contribution in [0.2, 0.25) is 0 Å². The van der Waals surface area contributed by atoms with Crippen LogP contribution >= 0.6 is 0 Å². The van der Waals surface area contributed by atoms with Gasteiger partial charge in [-0.15, -0.1) is 0 Å². The molecule has 0 aliphatic rings. The molecule has 0 N–H and O–H groups in total. The topological polar surface area (TPSA) is 24.7 Å². The summed E-state index contributed by atoms with van der Waals surface area (Å²) in [6.45, 7) is 11.9. The van der Waals surface area contributed by atoms with Crippen molar-refractivity contribution in [1.29, 1.82) is 0 Å². The van der Waals surface area contributed by atoms with Gasteiger partial charge in [0.15, 0.2) is 0 Å². The van der Waals surface area contributed by atoms with Crippen molar-refractivity contribution in [2.24, 2.45) is 15.4 Å². The molecule has 0 unspecified atom stereocenters. The Hall–Kier alpha value is -0.920. The summed E-state index contributed by atoms with van der Waals surface area (Å²) in [7, 11) is 1.75. The standard InChI is InChI=1S/C10H18N2/c1-8(2)12-9(7-11-6)10(3,4)5/h7H,1H2,2-6H3/b11-7-,12-9+. The van der Waals surface area contributed by atoms with Crippen molar-refractivity contribution in [2.45, 2.75) is 27.7 Å². The van der Waals surface area contributed by atoms with Crippen molar-refractivity contribution in [3.63, 3.8) is 0 Å². The van der Waals surface area contributed by atoms with Crippen LogP contribution in [0.5, 0.6) is 0 Å². The summed E-state index contributed by atoms with van der Waals surface area (Å²) in [4.78, 5) is 8.27. The highest BCUT2D eigenvalue weighted by Gasteiger charge is 2.16. The third kappa shape index (κ3) is 4.06. The Bertz CT molecular complexity index is 216. The maximum atomic E-state index is 4.31. The molecule has 0 amide bonds. The predicted octanol–water partition coefficient (Wildman–Crippen LogP) is 2.71. The van der Waals surface area contributed by atoms with Crippen LogP contribution in [0.4, 0.5) is 0 Å². The fourth-order valence-corrected chi connectivity index (χ4v) is 0.718. The largest absolute Gasteiger partial charge is 0.295 e. The molecule has 0 radical (unpaired) electrons. The zero-order valence-corrected chi connectivity index (χ0v) is 8.68. The molecule has 12 heavy (non-hydrogen) atoms. The molecule has 0 bridgehead atoms. The van der Waals surface area contributed by atoms with Crippen LogP contribution in [-0.4, -0.2) is 19.0 Å². The van der Waals surface area contributed by atoms with Crippen LogP contribution in [-0.2, 0) is 0 Å². The highest BCUT2D eigenvalue weighted by molar-refractivity contribution is 6.32. The first-order chi connectivity index (χ1) is 5.38. The molecule has 0 aliphatic carbocycles. The maximum Gasteiger partial charge on any atom is 0.0637 e. The number of hydrogen-bond acceptors (Lipinski definition) is 2. The number of rotatable bonds is 2. The molecule has 68 valence electrons. The molecule has 0 saturated carbocycles. The van der Waals surface area contributed by atoms with Gasteiger partial charge in [0.05, 0.1) is 5.71 Å². The Morgan fingerprint density at radius 1 is 1.33 bits per heavy atom. The average Bonchev–Trinajstić information content (AvgIpc) is 1.83. The van der Waals surface area contributed by atoms with E-state index in [1.165, 1.54) is 0 Å². The van der Waals surface area contributed by atoms with Crippen LogP contribution in [0.15, 0.2) is 22.3 Å². The van der Waals surface area contributed by atoms with Crippen LogP contribution < -0.4 is 0 Å². The molecule has 0 aromatic carbocycles. The third-order valence-corrected chi connectivity index (χ3v) is 1.33. The number of aliphatic imine (C=N–C) groups is 2. The van der Waals surface area contributed by atoms with E-state index in [2.05, 4.69) is 37.3 Å². The maximum absolute atomic E-state index is 4.31. The lowest BCUT2D eigenvalue weighted by atomic mass is 9.90. The minimum Gasteiger partial charge on any atom is -0.295 e. The quantitative estimate of drug-likeness (QED) is 0.563. The minimum atomic E-state index is 0.0401. The zero-order valence-electron chi connectivity index (χ0n) is 8.68. The van der Waals surface area contributed by atoms with Gasteiger partial charge in [0.1, 0.15) is 0 Å². The number of hydrogen-bond donors (Lipinski definition) is 0. The van der Waals surface area contributed by atoms with E-state index in [-0.39, 0.29) is 5.41 Å². The fraction of sp³-hybridized carbons (Fsp3) is 0.600. The Labute approximate surface area is 75.1 Å². The van der Waals surface area contributed by atoms with Gasteiger partial charge in [0, 0.05) is 24.4 Å². The van der Waals surface area contributed by atoms with E-state index >= 15 is 0 Å². The first-order valence-corrected chi connectivity index (χ1v) is 4.04. The molecule has 0 aromatic heterocycles. The molecule has 0 aromatic rings. The Morgan fingerprint density at radius 2 is 1.83 bits per heavy atom. The molecular weight excluding hydrogens is 148 g/mol. The highest BCUT2D eigenvalue weighted by atomic mass is 14.8. The molecule has 0 heterocycles. The summed E-state index contributed by atoms with van der Waals surface area (Å²) in [6, 6.07) is 0. The lowest BCUT2D eigenvalue weighted by Crippen LogP contribution is -2.21. The molecule has 0 rings (SSSR count). The summed E-state index contributed by atoms with van der Waals surface area (Å²) in [5.74, 6) is 0. The monoisotopic (exact) mass is 166 g/mol. The van der Waals surface area contributed by atoms with Crippen LogP contribution in [0.1, 0.15) is 27.7 Å². The van der Waals surface area contributed by atoms with Gasteiger partial charge in [-0.05, 0) is 6.92 Å². The molecule has 2 heteroatoms. The van der Waals surface area contributed by atoms with Gasteiger partial charge in [0.25, 0.3) is 0 Å². The van der Waals surface area contributed by atoms with Gasteiger partial charge in [-0.3, -0.25) is 9.98 Å². The van der Waals surface area contributed by atoms with E-state index in [0.717, 1.165) is 11.4 Å². The normalized spacial score (nSPS) is 13.9. The van der Waals surface area contributed by atoms with E-state index in [0.29, 0.717) is 0 Å². The van der Waals surface area contributed by atoms with E-state index in [1.807, 2.05) is 6.92 Å². The van der Waals surface area contributed by atoms with Gasteiger partial charge in [0.2, 0.25) is 0 Å². The second-order valence-corrected chi connectivity index (χ2v) is 3.87. The van der Waals surface area contributed by atoms with Crippen molar-refractivity contribution in [3.05, 3.63) is 12.3 Å². The first-order valence-electron chi connectivity index (χ1n) is 4.04. The highest BCUT2D eigenvalue weighted by Crippen LogP contribution is 2.16. The molecule has 0 atom stereocenters. The second kappa shape index (κ2) is 4.19. The van der Waals surface area contributed by atoms with Crippen LogP contribution in [0.3, 0.4) is 0 Å². The number of allylic oxidation sites excluding steroid dienone is 1. The summed E-state index contributed by atoms with van der Waals surface area (Å²) >= 11 is 0. The average molecular weight is 166 g/mol. The molecule has 0 fully saturated rings. The molecular formula is C10H18N2. The first kappa shape index (κ1) is 11.1. The Kier molecular flexibility index (Phi) is 3.87. The summed E-state index contributed by atoms with van der Waals surface area (Å²) in [6.07, 6.45) is 1.79. The zero-order chi connectivity index (χ0) is 9.78. The van der Waals surface area contributed by atoms with Gasteiger partial charge in [-0.25, -0.2) is 0 Å². The summed E-state index contributed by atoms with van der Waals surface area (Å²) in [5, 5.41) is 0.